The molecule has 1 heterocycles. The van der Waals surface area contributed by atoms with Crippen molar-refractivity contribution in [2.45, 2.75) is 26.2 Å². The third-order valence-corrected chi connectivity index (χ3v) is 2.38. The molecule has 0 saturated carbocycles. The fourth-order valence-corrected chi connectivity index (χ4v) is 1.49. The summed E-state index contributed by atoms with van der Waals surface area (Å²) < 4.78 is 0. The largest absolute Gasteiger partial charge is 0.351 e. The number of carbonyl (C=O) groups is 1. The van der Waals surface area contributed by atoms with E-state index in [9.17, 15) is 4.79 Å². The molecule has 0 aliphatic rings. The maximum atomic E-state index is 11.7. The van der Waals surface area contributed by atoms with Crippen molar-refractivity contribution in [2.75, 3.05) is 6.54 Å². The van der Waals surface area contributed by atoms with E-state index in [0.717, 1.165) is 5.69 Å². The number of hydrogen-bond donors (Lipinski definition) is 1. The van der Waals surface area contributed by atoms with E-state index in [-0.39, 0.29) is 11.8 Å². The molecule has 1 rings (SSSR count). The van der Waals surface area contributed by atoms with Gasteiger partial charge in [0.05, 0.1) is 12.5 Å². The van der Waals surface area contributed by atoms with Crippen molar-refractivity contribution < 1.29 is 4.79 Å². The highest BCUT2D eigenvalue weighted by Crippen LogP contribution is 2.17. The van der Waals surface area contributed by atoms with Gasteiger partial charge in [-0.25, -0.2) is 4.98 Å². The lowest BCUT2D eigenvalue weighted by Crippen LogP contribution is -2.24. The van der Waals surface area contributed by atoms with Gasteiger partial charge in [-0.3, -0.25) is 4.79 Å². The minimum Gasteiger partial charge on any atom is -0.351 e. The molecular formula is C12H14ClN3O. The third kappa shape index (κ3) is 4.04. The number of pyridine rings is 1. The van der Waals surface area contributed by atoms with Crippen LogP contribution < -0.4 is 5.32 Å². The Morgan fingerprint density at radius 2 is 2.29 bits per heavy atom. The summed E-state index contributed by atoms with van der Waals surface area (Å²) in [6.45, 7) is 4.30. The zero-order valence-electron chi connectivity index (χ0n) is 9.83. The number of nitriles is 1. The second kappa shape index (κ2) is 6.21. The molecule has 1 aromatic heterocycles. The molecule has 0 spiro atoms. The summed E-state index contributed by atoms with van der Waals surface area (Å²) in [6.07, 6.45) is 0.293. The smallest absolute Gasteiger partial charge is 0.251 e. The normalized spacial score (nSPS) is 10.1. The zero-order chi connectivity index (χ0) is 12.8. The Balaban J connectivity index is 2.83. The van der Waals surface area contributed by atoms with Gasteiger partial charge >= 0.3 is 0 Å². The van der Waals surface area contributed by atoms with Crippen LogP contribution in [0.4, 0.5) is 0 Å². The van der Waals surface area contributed by atoms with Gasteiger partial charge in [-0.15, -0.1) is 0 Å². The monoisotopic (exact) mass is 251 g/mol. The van der Waals surface area contributed by atoms with Crippen LogP contribution in [0.5, 0.6) is 0 Å². The molecule has 90 valence electrons. The number of carbonyl (C=O) groups excluding carboxylic acids is 1. The molecule has 5 heteroatoms. The highest BCUT2D eigenvalue weighted by Gasteiger charge is 2.10. The van der Waals surface area contributed by atoms with Crippen LogP contribution >= 0.6 is 11.6 Å². The maximum Gasteiger partial charge on any atom is 0.251 e. The molecule has 0 atom stereocenters. The van der Waals surface area contributed by atoms with Crippen LogP contribution in [-0.2, 0) is 0 Å². The Morgan fingerprint density at radius 3 is 2.88 bits per heavy atom. The molecular weight excluding hydrogens is 238 g/mol. The molecule has 0 aliphatic heterocycles. The number of amides is 1. The molecule has 4 nitrogen and oxygen atoms in total. The minimum atomic E-state index is -0.230. The van der Waals surface area contributed by atoms with E-state index in [4.69, 9.17) is 16.9 Å². The van der Waals surface area contributed by atoms with Gasteiger partial charge in [-0.2, -0.15) is 5.26 Å². The van der Waals surface area contributed by atoms with Crippen molar-refractivity contribution in [3.8, 4) is 6.07 Å². The fraction of sp³-hybridized carbons (Fsp3) is 0.417. The summed E-state index contributed by atoms with van der Waals surface area (Å²) in [4.78, 5) is 15.9. The molecule has 0 aliphatic carbocycles. The first-order valence-corrected chi connectivity index (χ1v) is 5.75. The van der Waals surface area contributed by atoms with Gasteiger partial charge in [0.2, 0.25) is 0 Å². The van der Waals surface area contributed by atoms with Gasteiger partial charge in [0, 0.05) is 17.8 Å². The van der Waals surface area contributed by atoms with Gasteiger partial charge in [0.15, 0.2) is 0 Å². The van der Waals surface area contributed by atoms with Gasteiger partial charge in [0.25, 0.3) is 5.91 Å². The molecule has 0 unspecified atom stereocenters. The second-order valence-electron chi connectivity index (χ2n) is 3.92. The summed E-state index contributed by atoms with van der Waals surface area (Å²) in [5.74, 6) is -0.0224. The Bertz CT molecular complexity index is 452. The van der Waals surface area contributed by atoms with Gasteiger partial charge < -0.3 is 5.32 Å². The number of aromatic nitrogens is 1. The van der Waals surface area contributed by atoms with Crippen molar-refractivity contribution in [3.63, 3.8) is 0 Å². The van der Waals surface area contributed by atoms with Crippen LogP contribution in [0.3, 0.4) is 0 Å². The molecule has 1 aromatic rings. The summed E-state index contributed by atoms with van der Waals surface area (Å²) >= 11 is 5.86. The van der Waals surface area contributed by atoms with E-state index < -0.39 is 0 Å². The number of hydrogen-bond acceptors (Lipinski definition) is 3. The number of halogens is 1. The summed E-state index contributed by atoms with van der Waals surface area (Å²) in [7, 11) is 0. The second-order valence-corrected chi connectivity index (χ2v) is 4.31. The summed E-state index contributed by atoms with van der Waals surface area (Å²) in [5.41, 5.74) is 1.26. The van der Waals surface area contributed by atoms with Crippen LogP contribution in [0.25, 0.3) is 0 Å². The Labute approximate surface area is 106 Å². The van der Waals surface area contributed by atoms with Crippen molar-refractivity contribution in [1.82, 2.24) is 10.3 Å². The number of rotatable bonds is 4. The average Bonchev–Trinajstić information content (AvgIpc) is 2.28. The van der Waals surface area contributed by atoms with E-state index in [1.54, 1.807) is 6.07 Å². The standard InChI is InChI=1S/C12H14ClN3O/c1-8(2)10-6-9(7-11(13)16-10)12(17)15-5-3-4-14/h6-8H,3,5H2,1-2H3,(H,15,17). The van der Waals surface area contributed by atoms with Crippen molar-refractivity contribution in [1.29, 1.82) is 5.26 Å². The van der Waals surface area contributed by atoms with Crippen LogP contribution in [-0.4, -0.2) is 17.4 Å². The van der Waals surface area contributed by atoms with E-state index in [1.807, 2.05) is 19.9 Å². The molecule has 17 heavy (non-hydrogen) atoms. The van der Waals surface area contributed by atoms with E-state index in [0.29, 0.717) is 23.7 Å². The molecule has 0 radical (unpaired) electrons. The molecule has 1 N–H and O–H groups in total. The predicted molar refractivity (Wildman–Crippen MR) is 65.9 cm³/mol. The van der Waals surface area contributed by atoms with Crippen molar-refractivity contribution in [3.05, 3.63) is 28.5 Å². The van der Waals surface area contributed by atoms with Crippen LogP contribution in [0.2, 0.25) is 5.15 Å². The highest BCUT2D eigenvalue weighted by molar-refractivity contribution is 6.29. The third-order valence-electron chi connectivity index (χ3n) is 2.19. The number of nitrogens with zero attached hydrogens (tertiary/aromatic N) is 2. The van der Waals surface area contributed by atoms with E-state index in [2.05, 4.69) is 10.3 Å². The minimum absolute atomic E-state index is 0.208. The van der Waals surface area contributed by atoms with Gasteiger partial charge in [-0.1, -0.05) is 25.4 Å². The SMILES string of the molecule is CC(C)c1cc(C(=O)NCCC#N)cc(Cl)n1. The van der Waals surface area contributed by atoms with Gasteiger partial charge in [-0.05, 0) is 18.1 Å². The van der Waals surface area contributed by atoms with Crippen LogP contribution in [0.1, 0.15) is 42.2 Å². The number of nitrogens with one attached hydrogen (secondary N) is 1. The Kier molecular flexibility index (Phi) is 4.92. The maximum absolute atomic E-state index is 11.7. The lowest BCUT2D eigenvalue weighted by Gasteiger charge is -2.08. The van der Waals surface area contributed by atoms with Crippen molar-refractivity contribution in [2.24, 2.45) is 0 Å². The predicted octanol–water partition coefficient (Wildman–Crippen LogP) is 2.50. The van der Waals surface area contributed by atoms with E-state index >= 15 is 0 Å². The van der Waals surface area contributed by atoms with Gasteiger partial charge in [0.1, 0.15) is 5.15 Å². The van der Waals surface area contributed by atoms with Crippen LogP contribution in [0.15, 0.2) is 12.1 Å². The topological polar surface area (TPSA) is 65.8 Å². The fourth-order valence-electron chi connectivity index (χ4n) is 1.28. The van der Waals surface area contributed by atoms with Crippen LogP contribution in [0, 0.1) is 11.3 Å². The summed E-state index contributed by atoms with van der Waals surface area (Å²) in [5, 5.41) is 11.3. The molecule has 1 amide bonds. The molecule has 0 saturated heterocycles. The quantitative estimate of drug-likeness (QED) is 0.660. The molecule has 0 aromatic carbocycles. The zero-order valence-corrected chi connectivity index (χ0v) is 10.6. The first kappa shape index (κ1) is 13.5. The molecule has 0 bridgehead atoms. The first-order valence-electron chi connectivity index (χ1n) is 5.37. The first-order chi connectivity index (χ1) is 8.04. The van der Waals surface area contributed by atoms with E-state index in [1.165, 1.54) is 6.07 Å². The lowest BCUT2D eigenvalue weighted by molar-refractivity contribution is 0.0954. The molecule has 0 fully saturated rings. The van der Waals surface area contributed by atoms with Crippen molar-refractivity contribution >= 4 is 17.5 Å². The Morgan fingerprint density at radius 1 is 1.59 bits per heavy atom. The summed E-state index contributed by atoms with van der Waals surface area (Å²) in [6, 6.07) is 5.21. The highest BCUT2D eigenvalue weighted by atomic mass is 35.5. The lowest BCUT2D eigenvalue weighted by atomic mass is 10.1. The average molecular weight is 252 g/mol. The Hall–Kier alpha value is -1.60.